The highest BCUT2D eigenvalue weighted by Crippen LogP contribution is 2.28. The molecule has 0 atom stereocenters. The largest absolute Gasteiger partial charge is 0.493 e. The molecule has 0 spiro atoms. The Morgan fingerprint density at radius 2 is 1.90 bits per heavy atom. The Morgan fingerprint density at radius 1 is 1.19 bits per heavy atom. The summed E-state index contributed by atoms with van der Waals surface area (Å²) in [5.74, 6) is 2.09. The standard InChI is InChI=1S/C15H16N4O2/c1-9-11(8-16)15(17)19-14(18-9)7-10-4-5-12(20-2)13(6-10)21-3/h4-6H,7H2,1-3H3,(H2,17,18,19). The minimum Gasteiger partial charge on any atom is -0.493 e. The number of anilines is 1. The van der Waals surface area contributed by atoms with Crippen molar-refractivity contribution in [2.24, 2.45) is 0 Å². The summed E-state index contributed by atoms with van der Waals surface area (Å²) in [6, 6.07) is 7.61. The predicted octanol–water partition coefficient (Wildman–Crippen LogP) is 1.85. The number of methoxy groups -OCH3 is 2. The molecule has 0 bridgehead atoms. The van der Waals surface area contributed by atoms with Crippen LogP contribution in [0.2, 0.25) is 0 Å². The third-order valence-corrected chi connectivity index (χ3v) is 3.09. The summed E-state index contributed by atoms with van der Waals surface area (Å²) in [6.07, 6.45) is 0.497. The Balaban J connectivity index is 2.33. The Kier molecular flexibility index (Phi) is 4.24. The Hall–Kier alpha value is -2.81. The molecule has 0 radical (unpaired) electrons. The van der Waals surface area contributed by atoms with Crippen LogP contribution in [0.5, 0.6) is 11.5 Å². The SMILES string of the molecule is COc1ccc(Cc2nc(C)c(C#N)c(N)n2)cc1OC. The van der Waals surface area contributed by atoms with Crippen molar-refractivity contribution in [1.82, 2.24) is 9.97 Å². The smallest absolute Gasteiger partial charge is 0.161 e. The number of nitriles is 1. The second-order valence-electron chi connectivity index (χ2n) is 4.46. The fraction of sp³-hybridized carbons (Fsp3) is 0.267. The molecule has 0 amide bonds. The molecule has 6 heteroatoms. The number of ether oxygens (including phenoxy) is 2. The summed E-state index contributed by atoms with van der Waals surface area (Å²) >= 11 is 0. The van der Waals surface area contributed by atoms with Crippen molar-refractivity contribution in [2.45, 2.75) is 13.3 Å². The van der Waals surface area contributed by atoms with Gasteiger partial charge in [-0.3, -0.25) is 0 Å². The van der Waals surface area contributed by atoms with Crippen LogP contribution in [-0.2, 0) is 6.42 Å². The van der Waals surface area contributed by atoms with Gasteiger partial charge in [0.2, 0.25) is 0 Å². The summed E-state index contributed by atoms with van der Waals surface area (Å²) in [5, 5.41) is 8.97. The molecule has 1 aromatic carbocycles. The van der Waals surface area contributed by atoms with Gasteiger partial charge in [-0.05, 0) is 24.6 Å². The van der Waals surface area contributed by atoms with Gasteiger partial charge < -0.3 is 15.2 Å². The van der Waals surface area contributed by atoms with Gasteiger partial charge in [0, 0.05) is 6.42 Å². The lowest BCUT2D eigenvalue weighted by molar-refractivity contribution is 0.354. The van der Waals surface area contributed by atoms with E-state index < -0.39 is 0 Å². The lowest BCUT2D eigenvalue weighted by atomic mass is 10.1. The van der Waals surface area contributed by atoms with E-state index in [4.69, 9.17) is 20.5 Å². The third-order valence-electron chi connectivity index (χ3n) is 3.09. The Morgan fingerprint density at radius 3 is 2.48 bits per heavy atom. The highest BCUT2D eigenvalue weighted by Gasteiger charge is 2.11. The molecule has 2 aromatic rings. The van der Waals surface area contributed by atoms with Gasteiger partial charge in [-0.1, -0.05) is 6.07 Å². The molecule has 21 heavy (non-hydrogen) atoms. The first-order chi connectivity index (χ1) is 10.1. The highest BCUT2D eigenvalue weighted by atomic mass is 16.5. The van der Waals surface area contributed by atoms with E-state index in [1.807, 2.05) is 24.3 Å². The lowest BCUT2D eigenvalue weighted by Crippen LogP contribution is -2.06. The van der Waals surface area contributed by atoms with Gasteiger partial charge in [0.15, 0.2) is 11.5 Å². The summed E-state index contributed by atoms with van der Waals surface area (Å²) in [4.78, 5) is 8.48. The molecule has 1 aromatic heterocycles. The van der Waals surface area contributed by atoms with Crippen LogP contribution in [0.4, 0.5) is 5.82 Å². The first kappa shape index (κ1) is 14.6. The molecule has 0 aliphatic rings. The van der Waals surface area contributed by atoms with Gasteiger partial charge in [0.1, 0.15) is 23.3 Å². The van der Waals surface area contributed by atoms with Crippen LogP contribution in [0.1, 0.15) is 22.6 Å². The topological polar surface area (TPSA) is 94.0 Å². The van der Waals surface area contributed by atoms with Crippen molar-refractivity contribution in [2.75, 3.05) is 20.0 Å². The number of rotatable bonds is 4. The van der Waals surface area contributed by atoms with E-state index >= 15 is 0 Å². The van der Waals surface area contributed by atoms with Crippen molar-refractivity contribution in [3.8, 4) is 17.6 Å². The molecule has 108 valence electrons. The van der Waals surface area contributed by atoms with E-state index in [0.717, 1.165) is 5.56 Å². The van der Waals surface area contributed by atoms with Gasteiger partial charge in [0.25, 0.3) is 0 Å². The summed E-state index contributed by atoms with van der Waals surface area (Å²) in [7, 11) is 3.17. The van der Waals surface area contributed by atoms with Gasteiger partial charge >= 0.3 is 0 Å². The molecule has 0 saturated heterocycles. The average molecular weight is 284 g/mol. The van der Waals surface area contributed by atoms with E-state index in [2.05, 4.69) is 9.97 Å². The zero-order valence-electron chi connectivity index (χ0n) is 12.2. The van der Waals surface area contributed by atoms with Crippen molar-refractivity contribution in [3.05, 3.63) is 40.8 Å². The van der Waals surface area contributed by atoms with Gasteiger partial charge in [-0.2, -0.15) is 5.26 Å². The minimum absolute atomic E-state index is 0.209. The van der Waals surface area contributed by atoms with Crippen molar-refractivity contribution < 1.29 is 9.47 Å². The van der Waals surface area contributed by atoms with Crippen LogP contribution >= 0.6 is 0 Å². The number of benzene rings is 1. The van der Waals surface area contributed by atoms with E-state index in [1.54, 1.807) is 21.1 Å². The van der Waals surface area contributed by atoms with E-state index in [-0.39, 0.29) is 5.82 Å². The lowest BCUT2D eigenvalue weighted by Gasteiger charge is -2.10. The van der Waals surface area contributed by atoms with E-state index in [9.17, 15) is 0 Å². The van der Waals surface area contributed by atoms with Crippen molar-refractivity contribution >= 4 is 5.82 Å². The molecule has 0 aliphatic carbocycles. The van der Waals surface area contributed by atoms with Crippen LogP contribution in [-0.4, -0.2) is 24.2 Å². The number of aromatic nitrogens is 2. The highest BCUT2D eigenvalue weighted by molar-refractivity contribution is 5.51. The number of hydrogen-bond acceptors (Lipinski definition) is 6. The molecular weight excluding hydrogens is 268 g/mol. The number of aryl methyl sites for hydroxylation is 1. The Labute approximate surface area is 123 Å². The van der Waals surface area contributed by atoms with Crippen LogP contribution < -0.4 is 15.2 Å². The number of nitrogens with zero attached hydrogens (tertiary/aromatic N) is 3. The summed E-state index contributed by atoms with van der Waals surface area (Å²) in [6.45, 7) is 1.74. The van der Waals surface area contributed by atoms with Gasteiger partial charge in [0.05, 0.1) is 19.9 Å². The molecule has 2 rings (SSSR count). The van der Waals surface area contributed by atoms with Gasteiger partial charge in [-0.15, -0.1) is 0 Å². The Bertz CT molecular complexity index is 684. The molecule has 2 N–H and O–H groups in total. The normalized spacial score (nSPS) is 10.0. The minimum atomic E-state index is 0.209. The summed E-state index contributed by atoms with van der Waals surface area (Å²) < 4.78 is 10.5. The second-order valence-corrected chi connectivity index (χ2v) is 4.46. The van der Waals surface area contributed by atoms with E-state index in [1.165, 1.54) is 0 Å². The molecule has 6 nitrogen and oxygen atoms in total. The fourth-order valence-corrected chi connectivity index (χ4v) is 2.05. The van der Waals surface area contributed by atoms with Crippen LogP contribution in [0.3, 0.4) is 0 Å². The van der Waals surface area contributed by atoms with Crippen molar-refractivity contribution in [1.29, 1.82) is 5.26 Å². The first-order valence-electron chi connectivity index (χ1n) is 6.33. The zero-order chi connectivity index (χ0) is 15.4. The summed E-state index contributed by atoms with van der Waals surface area (Å²) in [5.41, 5.74) is 7.65. The average Bonchev–Trinajstić information content (AvgIpc) is 2.46. The molecule has 0 saturated carbocycles. The third kappa shape index (κ3) is 3.03. The number of hydrogen-bond donors (Lipinski definition) is 1. The predicted molar refractivity (Wildman–Crippen MR) is 78.2 cm³/mol. The maximum Gasteiger partial charge on any atom is 0.161 e. The molecular formula is C15H16N4O2. The molecule has 0 unspecified atom stereocenters. The second kappa shape index (κ2) is 6.09. The molecule has 0 fully saturated rings. The number of nitrogens with two attached hydrogens (primary N) is 1. The van der Waals surface area contributed by atoms with Gasteiger partial charge in [-0.25, -0.2) is 9.97 Å². The first-order valence-corrected chi connectivity index (χ1v) is 6.33. The maximum absolute atomic E-state index is 8.97. The monoisotopic (exact) mass is 284 g/mol. The zero-order valence-corrected chi connectivity index (χ0v) is 12.2. The van der Waals surface area contributed by atoms with Crippen molar-refractivity contribution in [3.63, 3.8) is 0 Å². The van der Waals surface area contributed by atoms with Crippen LogP contribution in [0, 0.1) is 18.3 Å². The van der Waals surface area contributed by atoms with Crippen LogP contribution in [0.25, 0.3) is 0 Å². The fourth-order valence-electron chi connectivity index (χ4n) is 2.05. The number of nitrogen functional groups attached to an aromatic ring is 1. The van der Waals surface area contributed by atoms with Crippen LogP contribution in [0.15, 0.2) is 18.2 Å². The quantitative estimate of drug-likeness (QED) is 0.920. The molecule has 0 aliphatic heterocycles. The maximum atomic E-state index is 8.97. The van der Waals surface area contributed by atoms with E-state index in [0.29, 0.717) is 35.0 Å². The molecule has 1 heterocycles.